The van der Waals surface area contributed by atoms with Gasteiger partial charge >= 0.3 is 0 Å². The molecule has 0 N–H and O–H groups in total. The van der Waals surface area contributed by atoms with Gasteiger partial charge in [-0.25, -0.2) is 4.98 Å². The predicted molar refractivity (Wildman–Crippen MR) is 89.8 cm³/mol. The van der Waals surface area contributed by atoms with E-state index < -0.39 is 0 Å². The summed E-state index contributed by atoms with van der Waals surface area (Å²) >= 11 is 0. The van der Waals surface area contributed by atoms with Crippen LogP contribution in [0.1, 0.15) is 15.9 Å². The van der Waals surface area contributed by atoms with Crippen molar-refractivity contribution in [1.29, 1.82) is 0 Å². The fourth-order valence-electron chi connectivity index (χ4n) is 2.30. The van der Waals surface area contributed by atoms with E-state index in [1.165, 1.54) is 6.20 Å². The van der Waals surface area contributed by atoms with Crippen molar-refractivity contribution < 1.29 is 9.53 Å². The van der Waals surface area contributed by atoms with E-state index in [-0.39, 0.29) is 5.91 Å². The summed E-state index contributed by atoms with van der Waals surface area (Å²) in [5.41, 5.74) is 1.49. The number of aryl methyl sites for hydroxylation is 1. The average Bonchev–Trinajstić information content (AvgIpc) is 3.00. The van der Waals surface area contributed by atoms with Crippen molar-refractivity contribution >= 4 is 5.91 Å². The van der Waals surface area contributed by atoms with Crippen molar-refractivity contribution in [2.45, 2.75) is 6.54 Å². The van der Waals surface area contributed by atoms with E-state index in [1.54, 1.807) is 35.0 Å². The van der Waals surface area contributed by atoms with Gasteiger partial charge in [0.05, 0.1) is 11.8 Å². The molecule has 6 heteroatoms. The van der Waals surface area contributed by atoms with Crippen molar-refractivity contribution in [3.8, 4) is 11.6 Å². The lowest BCUT2D eigenvalue weighted by molar-refractivity contribution is 0.0784. The summed E-state index contributed by atoms with van der Waals surface area (Å²) < 4.78 is 7.34. The van der Waals surface area contributed by atoms with Crippen LogP contribution in [0.5, 0.6) is 11.6 Å². The molecule has 0 spiro atoms. The first-order valence-corrected chi connectivity index (χ1v) is 7.54. The van der Waals surface area contributed by atoms with Crippen LogP contribution in [0.3, 0.4) is 0 Å². The van der Waals surface area contributed by atoms with Crippen molar-refractivity contribution in [2.24, 2.45) is 7.05 Å². The van der Waals surface area contributed by atoms with Gasteiger partial charge in [-0.2, -0.15) is 5.10 Å². The molecule has 3 aromatic rings. The van der Waals surface area contributed by atoms with E-state index in [0.29, 0.717) is 23.7 Å². The third-order valence-corrected chi connectivity index (χ3v) is 3.47. The van der Waals surface area contributed by atoms with E-state index in [0.717, 1.165) is 5.56 Å². The van der Waals surface area contributed by atoms with Crippen molar-refractivity contribution in [3.05, 3.63) is 72.2 Å². The van der Waals surface area contributed by atoms with E-state index in [4.69, 9.17) is 4.74 Å². The fourth-order valence-corrected chi connectivity index (χ4v) is 2.30. The number of carbonyl (C=O) groups excluding carboxylic acids is 1. The van der Waals surface area contributed by atoms with Gasteiger partial charge in [0.15, 0.2) is 0 Å². The molecular formula is C18H18N4O2. The Morgan fingerprint density at radius 3 is 2.58 bits per heavy atom. The Morgan fingerprint density at radius 2 is 1.96 bits per heavy atom. The van der Waals surface area contributed by atoms with Gasteiger partial charge in [-0.1, -0.05) is 18.2 Å². The van der Waals surface area contributed by atoms with Crippen LogP contribution in [0.25, 0.3) is 0 Å². The molecule has 2 aromatic heterocycles. The molecule has 0 unspecified atom stereocenters. The first-order valence-electron chi connectivity index (χ1n) is 7.54. The zero-order valence-corrected chi connectivity index (χ0v) is 13.6. The third kappa shape index (κ3) is 3.78. The standard InChI is InChI=1S/C18H18N4O2/c1-21(12-14-10-20-22(2)13-14)18(23)15-8-9-17(19-11-15)24-16-6-4-3-5-7-16/h3-11,13H,12H2,1-2H3. The molecule has 3 rings (SSSR count). The van der Waals surface area contributed by atoms with Gasteiger partial charge in [-0.05, 0) is 18.2 Å². The summed E-state index contributed by atoms with van der Waals surface area (Å²) in [5, 5.41) is 4.10. The van der Waals surface area contributed by atoms with E-state index in [9.17, 15) is 4.79 Å². The molecule has 122 valence electrons. The van der Waals surface area contributed by atoms with Crippen LogP contribution in [0, 0.1) is 0 Å². The second-order valence-electron chi connectivity index (χ2n) is 5.48. The number of rotatable bonds is 5. The molecular weight excluding hydrogens is 304 g/mol. The van der Waals surface area contributed by atoms with Crippen LogP contribution >= 0.6 is 0 Å². The van der Waals surface area contributed by atoms with Gasteiger partial charge < -0.3 is 9.64 Å². The normalized spacial score (nSPS) is 10.4. The highest BCUT2D eigenvalue weighted by Crippen LogP contribution is 2.19. The smallest absolute Gasteiger partial charge is 0.255 e. The number of hydrogen-bond acceptors (Lipinski definition) is 4. The molecule has 0 bridgehead atoms. The first-order chi connectivity index (χ1) is 11.6. The summed E-state index contributed by atoms with van der Waals surface area (Å²) in [5.74, 6) is 1.06. The Labute approximate surface area is 140 Å². The average molecular weight is 322 g/mol. The Balaban J connectivity index is 1.65. The van der Waals surface area contributed by atoms with Gasteiger partial charge in [0.1, 0.15) is 5.75 Å². The summed E-state index contributed by atoms with van der Waals surface area (Å²) in [6, 6.07) is 12.8. The molecule has 0 saturated carbocycles. The first kappa shape index (κ1) is 15.7. The van der Waals surface area contributed by atoms with Crippen molar-refractivity contribution in [1.82, 2.24) is 19.7 Å². The summed E-state index contributed by atoms with van der Waals surface area (Å²) in [6.45, 7) is 0.495. The number of benzene rings is 1. The number of amides is 1. The van der Waals surface area contributed by atoms with E-state index in [1.807, 2.05) is 43.6 Å². The number of nitrogens with zero attached hydrogens (tertiary/aromatic N) is 4. The Morgan fingerprint density at radius 1 is 1.17 bits per heavy atom. The van der Waals surface area contributed by atoms with Gasteiger partial charge in [-0.3, -0.25) is 9.48 Å². The highest BCUT2D eigenvalue weighted by Gasteiger charge is 2.13. The second-order valence-corrected chi connectivity index (χ2v) is 5.48. The van der Waals surface area contributed by atoms with Crippen LogP contribution in [-0.2, 0) is 13.6 Å². The number of ether oxygens (including phenoxy) is 1. The van der Waals surface area contributed by atoms with Gasteiger partial charge in [0, 0.05) is 44.7 Å². The minimum Gasteiger partial charge on any atom is -0.439 e. The lowest BCUT2D eigenvalue weighted by atomic mass is 10.2. The van der Waals surface area contributed by atoms with Crippen LogP contribution in [0.15, 0.2) is 61.1 Å². The molecule has 0 fully saturated rings. The highest BCUT2D eigenvalue weighted by atomic mass is 16.5. The molecule has 6 nitrogen and oxygen atoms in total. The van der Waals surface area contributed by atoms with Crippen LogP contribution in [-0.4, -0.2) is 32.6 Å². The van der Waals surface area contributed by atoms with Gasteiger partial charge in [0.25, 0.3) is 5.91 Å². The summed E-state index contributed by atoms with van der Waals surface area (Å²) in [4.78, 5) is 18.3. The molecule has 0 aliphatic rings. The quantitative estimate of drug-likeness (QED) is 0.725. The SMILES string of the molecule is CN(Cc1cnn(C)c1)C(=O)c1ccc(Oc2ccccc2)nc1. The van der Waals surface area contributed by atoms with Crippen LogP contribution in [0.2, 0.25) is 0 Å². The Kier molecular flexibility index (Phi) is 4.56. The third-order valence-electron chi connectivity index (χ3n) is 3.47. The maximum atomic E-state index is 12.4. The lowest BCUT2D eigenvalue weighted by Gasteiger charge is -2.16. The second kappa shape index (κ2) is 6.95. The Hall–Kier alpha value is -3.15. The largest absolute Gasteiger partial charge is 0.439 e. The summed E-state index contributed by atoms with van der Waals surface area (Å²) in [7, 11) is 3.60. The maximum Gasteiger partial charge on any atom is 0.255 e. The number of aromatic nitrogens is 3. The molecule has 0 atom stereocenters. The molecule has 1 amide bonds. The van der Waals surface area contributed by atoms with Crippen LogP contribution < -0.4 is 4.74 Å². The van der Waals surface area contributed by atoms with Crippen LogP contribution in [0.4, 0.5) is 0 Å². The minimum absolute atomic E-state index is 0.0994. The zero-order chi connectivity index (χ0) is 16.9. The van der Waals surface area contributed by atoms with Gasteiger partial charge in [0.2, 0.25) is 5.88 Å². The minimum atomic E-state index is -0.0994. The molecule has 1 aromatic carbocycles. The molecule has 0 radical (unpaired) electrons. The highest BCUT2D eigenvalue weighted by molar-refractivity contribution is 5.93. The van der Waals surface area contributed by atoms with Crippen molar-refractivity contribution in [3.63, 3.8) is 0 Å². The number of para-hydroxylation sites is 1. The van der Waals surface area contributed by atoms with E-state index in [2.05, 4.69) is 10.1 Å². The molecule has 0 aliphatic carbocycles. The molecule has 0 aliphatic heterocycles. The maximum absolute atomic E-state index is 12.4. The zero-order valence-electron chi connectivity index (χ0n) is 13.6. The summed E-state index contributed by atoms with van der Waals surface area (Å²) in [6.07, 6.45) is 5.16. The molecule has 2 heterocycles. The molecule has 24 heavy (non-hydrogen) atoms. The lowest BCUT2D eigenvalue weighted by Crippen LogP contribution is -2.26. The predicted octanol–water partition coefficient (Wildman–Crippen LogP) is 2.88. The number of pyridine rings is 1. The van der Waals surface area contributed by atoms with Gasteiger partial charge in [-0.15, -0.1) is 0 Å². The topological polar surface area (TPSA) is 60.2 Å². The number of hydrogen-bond donors (Lipinski definition) is 0. The fraction of sp³-hybridized carbons (Fsp3) is 0.167. The van der Waals surface area contributed by atoms with E-state index >= 15 is 0 Å². The number of carbonyl (C=O) groups is 1. The molecule has 0 saturated heterocycles. The monoisotopic (exact) mass is 322 g/mol. The van der Waals surface area contributed by atoms with Crippen molar-refractivity contribution in [2.75, 3.05) is 7.05 Å². The Bertz CT molecular complexity index is 813.